The molecule has 3 rings (SSSR count). The van der Waals surface area contributed by atoms with Gasteiger partial charge in [-0.05, 0) is 66.2 Å². The van der Waals surface area contributed by atoms with Gasteiger partial charge in [-0.1, -0.05) is 12.1 Å². The van der Waals surface area contributed by atoms with Gasteiger partial charge in [0.2, 0.25) is 0 Å². The number of halogens is 1. The molecule has 0 saturated heterocycles. The van der Waals surface area contributed by atoms with Crippen LogP contribution in [-0.4, -0.2) is 25.8 Å². The number of nitrogens with one attached hydrogen (secondary N) is 1. The Morgan fingerprint density at radius 3 is 2.36 bits per heavy atom. The number of hydrogen-bond acceptors (Lipinski definition) is 4. The number of rotatable bonds is 7. The van der Waals surface area contributed by atoms with Crippen molar-refractivity contribution in [2.45, 2.75) is 0 Å². The van der Waals surface area contributed by atoms with Crippen LogP contribution in [0.25, 0.3) is 0 Å². The van der Waals surface area contributed by atoms with Crippen molar-refractivity contribution < 1.29 is 18.7 Å². The Kier molecular flexibility index (Phi) is 6.36. The van der Waals surface area contributed by atoms with Crippen LogP contribution in [0.15, 0.2) is 77.8 Å². The van der Waals surface area contributed by atoms with Crippen LogP contribution in [-0.2, 0) is 4.79 Å². The highest BCUT2D eigenvalue weighted by Crippen LogP contribution is 2.18. The van der Waals surface area contributed by atoms with E-state index in [0.29, 0.717) is 17.2 Å². The number of methoxy groups -OCH3 is 1. The Balaban J connectivity index is 1.51. The van der Waals surface area contributed by atoms with Crippen molar-refractivity contribution in [2.75, 3.05) is 19.0 Å². The van der Waals surface area contributed by atoms with E-state index >= 15 is 0 Å². The lowest BCUT2D eigenvalue weighted by Gasteiger charge is -2.08. The van der Waals surface area contributed by atoms with Gasteiger partial charge in [0, 0.05) is 11.9 Å². The second-order valence-electron chi connectivity index (χ2n) is 5.84. The molecule has 0 heterocycles. The third-order valence-electron chi connectivity index (χ3n) is 3.83. The molecule has 28 heavy (non-hydrogen) atoms. The summed E-state index contributed by atoms with van der Waals surface area (Å²) in [4.78, 5) is 16.1. The van der Waals surface area contributed by atoms with E-state index in [1.165, 1.54) is 6.07 Å². The summed E-state index contributed by atoms with van der Waals surface area (Å²) in [6, 6.07) is 20.3. The molecule has 142 valence electrons. The maximum absolute atomic E-state index is 13.5. The Morgan fingerprint density at radius 1 is 1.00 bits per heavy atom. The molecule has 0 unspecified atom stereocenters. The number of carbonyl (C=O) groups is 1. The molecule has 0 bridgehead atoms. The van der Waals surface area contributed by atoms with Crippen molar-refractivity contribution in [1.82, 2.24) is 0 Å². The standard InChI is InChI=1S/C22H19FN2O3/c1-27-18-12-8-17(9-13-18)25-22(26)15-28-19-10-6-16(7-11-19)14-24-21-5-3-2-4-20(21)23/h2-14H,15H2,1H3,(H,25,26). The number of para-hydroxylation sites is 1. The third kappa shape index (κ3) is 5.41. The first-order valence-corrected chi connectivity index (χ1v) is 8.59. The van der Waals surface area contributed by atoms with E-state index in [0.717, 1.165) is 5.56 Å². The summed E-state index contributed by atoms with van der Waals surface area (Å²) in [5.41, 5.74) is 1.73. The van der Waals surface area contributed by atoms with Crippen LogP contribution in [0.3, 0.4) is 0 Å². The lowest BCUT2D eigenvalue weighted by molar-refractivity contribution is -0.118. The summed E-state index contributed by atoms with van der Waals surface area (Å²) in [6.45, 7) is -0.116. The van der Waals surface area contributed by atoms with Crippen LogP contribution in [0.4, 0.5) is 15.8 Å². The number of benzene rings is 3. The zero-order valence-electron chi connectivity index (χ0n) is 15.3. The van der Waals surface area contributed by atoms with Crippen molar-refractivity contribution in [1.29, 1.82) is 0 Å². The van der Waals surface area contributed by atoms with Gasteiger partial charge in [0.15, 0.2) is 6.61 Å². The first kappa shape index (κ1) is 19.1. The molecular weight excluding hydrogens is 359 g/mol. The molecule has 0 atom stereocenters. The molecule has 0 saturated carbocycles. The van der Waals surface area contributed by atoms with Gasteiger partial charge in [-0.2, -0.15) is 0 Å². The summed E-state index contributed by atoms with van der Waals surface area (Å²) in [5.74, 6) is 0.623. The molecule has 5 nitrogen and oxygen atoms in total. The highest BCUT2D eigenvalue weighted by atomic mass is 19.1. The fourth-order valence-electron chi connectivity index (χ4n) is 2.37. The molecule has 3 aromatic rings. The molecular formula is C22H19FN2O3. The zero-order chi connectivity index (χ0) is 19.8. The summed E-state index contributed by atoms with van der Waals surface area (Å²) in [6.07, 6.45) is 1.57. The molecule has 3 aromatic carbocycles. The third-order valence-corrected chi connectivity index (χ3v) is 3.83. The summed E-state index contributed by atoms with van der Waals surface area (Å²) in [7, 11) is 1.58. The highest BCUT2D eigenvalue weighted by Gasteiger charge is 2.04. The van der Waals surface area contributed by atoms with Crippen LogP contribution in [0.2, 0.25) is 0 Å². The fourth-order valence-corrected chi connectivity index (χ4v) is 2.37. The van der Waals surface area contributed by atoms with Crippen molar-refractivity contribution in [3.8, 4) is 11.5 Å². The second kappa shape index (κ2) is 9.32. The summed E-state index contributed by atoms with van der Waals surface area (Å²) < 4.78 is 24.1. The number of aliphatic imine (C=N–C) groups is 1. The van der Waals surface area contributed by atoms with E-state index in [1.54, 1.807) is 80.1 Å². The SMILES string of the molecule is COc1ccc(NC(=O)COc2ccc(C=Nc3ccccc3F)cc2)cc1. The number of ether oxygens (including phenoxy) is 2. The van der Waals surface area contributed by atoms with Gasteiger partial charge in [-0.3, -0.25) is 9.79 Å². The van der Waals surface area contributed by atoms with Gasteiger partial charge in [-0.25, -0.2) is 4.39 Å². The van der Waals surface area contributed by atoms with Crippen LogP contribution in [0.5, 0.6) is 11.5 Å². The normalized spacial score (nSPS) is 10.6. The van der Waals surface area contributed by atoms with Crippen LogP contribution in [0.1, 0.15) is 5.56 Å². The lowest BCUT2D eigenvalue weighted by Crippen LogP contribution is -2.20. The van der Waals surface area contributed by atoms with Gasteiger partial charge in [0.05, 0.1) is 12.8 Å². The lowest BCUT2D eigenvalue weighted by atomic mass is 10.2. The number of amides is 1. The Labute approximate surface area is 162 Å². The minimum Gasteiger partial charge on any atom is -0.497 e. The molecule has 0 aliphatic heterocycles. The van der Waals surface area contributed by atoms with Crippen LogP contribution in [0, 0.1) is 5.82 Å². The number of carbonyl (C=O) groups excluding carboxylic acids is 1. The topological polar surface area (TPSA) is 59.9 Å². The molecule has 0 spiro atoms. The van der Waals surface area contributed by atoms with E-state index in [4.69, 9.17) is 9.47 Å². The predicted octanol–water partition coefficient (Wildman–Crippen LogP) is 4.60. The van der Waals surface area contributed by atoms with E-state index in [9.17, 15) is 9.18 Å². The average molecular weight is 378 g/mol. The molecule has 0 fully saturated rings. The number of anilines is 1. The quantitative estimate of drug-likeness (QED) is 0.611. The highest BCUT2D eigenvalue weighted by molar-refractivity contribution is 5.92. The summed E-state index contributed by atoms with van der Waals surface area (Å²) >= 11 is 0. The van der Waals surface area contributed by atoms with E-state index in [2.05, 4.69) is 10.3 Å². The van der Waals surface area contributed by atoms with Gasteiger partial charge in [0.25, 0.3) is 5.91 Å². The monoisotopic (exact) mass is 378 g/mol. The Hall–Kier alpha value is -3.67. The first-order chi connectivity index (χ1) is 13.6. The molecule has 1 amide bonds. The average Bonchev–Trinajstić information content (AvgIpc) is 2.73. The minimum atomic E-state index is -0.374. The fraction of sp³-hybridized carbons (Fsp3) is 0.0909. The molecule has 0 radical (unpaired) electrons. The predicted molar refractivity (Wildman–Crippen MR) is 107 cm³/mol. The molecule has 1 N–H and O–H groups in total. The van der Waals surface area contributed by atoms with E-state index in [1.807, 2.05) is 0 Å². The van der Waals surface area contributed by atoms with Gasteiger partial charge in [0.1, 0.15) is 17.3 Å². The molecule has 6 heteroatoms. The van der Waals surface area contributed by atoms with Crippen LogP contribution < -0.4 is 14.8 Å². The van der Waals surface area contributed by atoms with Crippen molar-refractivity contribution in [2.24, 2.45) is 4.99 Å². The van der Waals surface area contributed by atoms with Gasteiger partial charge >= 0.3 is 0 Å². The molecule has 0 aliphatic rings. The maximum Gasteiger partial charge on any atom is 0.262 e. The van der Waals surface area contributed by atoms with E-state index in [-0.39, 0.29) is 24.0 Å². The minimum absolute atomic E-state index is 0.116. The van der Waals surface area contributed by atoms with E-state index < -0.39 is 0 Å². The van der Waals surface area contributed by atoms with Crippen LogP contribution >= 0.6 is 0 Å². The Morgan fingerprint density at radius 2 is 1.68 bits per heavy atom. The van der Waals surface area contributed by atoms with Crippen molar-refractivity contribution >= 4 is 23.5 Å². The summed E-state index contributed by atoms with van der Waals surface area (Å²) in [5, 5.41) is 2.74. The van der Waals surface area contributed by atoms with Gasteiger partial charge < -0.3 is 14.8 Å². The zero-order valence-corrected chi connectivity index (χ0v) is 15.3. The smallest absolute Gasteiger partial charge is 0.262 e. The van der Waals surface area contributed by atoms with Gasteiger partial charge in [-0.15, -0.1) is 0 Å². The number of hydrogen-bond donors (Lipinski definition) is 1. The molecule has 0 aromatic heterocycles. The second-order valence-corrected chi connectivity index (χ2v) is 5.84. The van der Waals surface area contributed by atoms with Crippen molar-refractivity contribution in [3.05, 3.63) is 84.2 Å². The maximum atomic E-state index is 13.5. The van der Waals surface area contributed by atoms with Crippen molar-refractivity contribution in [3.63, 3.8) is 0 Å². The molecule has 0 aliphatic carbocycles. The first-order valence-electron chi connectivity index (χ1n) is 8.59. The number of nitrogens with zero attached hydrogens (tertiary/aromatic N) is 1. The Bertz CT molecular complexity index is 954. The largest absolute Gasteiger partial charge is 0.497 e.